The summed E-state index contributed by atoms with van der Waals surface area (Å²) < 4.78 is 16.6. The molecule has 2 aromatic rings. The van der Waals surface area contributed by atoms with E-state index in [0.717, 1.165) is 10.9 Å². The highest BCUT2D eigenvalue weighted by Crippen LogP contribution is 2.40. The zero-order valence-corrected chi connectivity index (χ0v) is 14.1. The third kappa shape index (κ3) is 2.77. The van der Waals surface area contributed by atoms with Crippen molar-refractivity contribution in [2.45, 2.75) is 29.9 Å². The summed E-state index contributed by atoms with van der Waals surface area (Å²) in [7, 11) is 1.59. The third-order valence-electron chi connectivity index (χ3n) is 4.36. The standard InChI is InChI=1S/C16H18N2O6S/c1-22-9-4-2-3-7-11(9)8(5-17-7)18-16-24-14-13(21)12(20)10(6-19)23-15(14)25-16/h2-5,10,12-15,17,19-21H,6H2,1H3/t10-,12-,13+,14-,15+/m1/s1. The fourth-order valence-corrected chi connectivity index (χ4v) is 4.13. The van der Waals surface area contributed by atoms with E-state index in [0.29, 0.717) is 16.7 Å². The van der Waals surface area contributed by atoms with E-state index in [-0.39, 0.29) is 6.61 Å². The Bertz CT molecular complexity index is 809. The van der Waals surface area contributed by atoms with Crippen LogP contribution >= 0.6 is 11.8 Å². The molecule has 3 heterocycles. The largest absolute Gasteiger partial charge is 0.496 e. The van der Waals surface area contributed by atoms with E-state index in [1.165, 1.54) is 11.8 Å². The van der Waals surface area contributed by atoms with Crippen LogP contribution in [0.4, 0.5) is 5.69 Å². The molecule has 8 nitrogen and oxygen atoms in total. The van der Waals surface area contributed by atoms with E-state index in [9.17, 15) is 15.3 Å². The number of nitrogens with zero attached hydrogens (tertiary/aromatic N) is 1. The number of rotatable bonds is 3. The van der Waals surface area contributed by atoms with Crippen LogP contribution < -0.4 is 4.74 Å². The number of aromatic nitrogens is 1. The topological polar surface area (TPSA) is 117 Å². The van der Waals surface area contributed by atoms with Gasteiger partial charge in [0.2, 0.25) is 0 Å². The minimum atomic E-state index is -1.21. The van der Waals surface area contributed by atoms with Gasteiger partial charge in [0.15, 0.2) is 11.5 Å². The first-order valence-electron chi connectivity index (χ1n) is 7.81. The molecule has 0 aliphatic carbocycles. The molecule has 0 unspecified atom stereocenters. The van der Waals surface area contributed by atoms with Crippen LogP contribution in [-0.4, -0.2) is 69.1 Å². The average molecular weight is 366 g/mol. The molecule has 9 heteroatoms. The summed E-state index contributed by atoms with van der Waals surface area (Å²) in [6, 6.07) is 5.64. The number of thioether (sulfide) groups is 1. The fraction of sp³-hybridized carbons (Fsp3) is 0.438. The van der Waals surface area contributed by atoms with Gasteiger partial charge in [0.25, 0.3) is 5.23 Å². The number of aromatic amines is 1. The summed E-state index contributed by atoms with van der Waals surface area (Å²) in [5.41, 5.74) is 0.981. The van der Waals surface area contributed by atoms with E-state index in [1.54, 1.807) is 13.3 Å². The van der Waals surface area contributed by atoms with Gasteiger partial charge in [-0.05, 0) is 23.9 Å². The van der Waals surface area contributed by atoms with Crippen LogP contribution in [0.3, 0.4) is 0 Å². The van der Waals surface area contributed by atoms with Gasteiger partial charge in [-0.2, -0.15) is 0 Å². The maximum absolute atomic E-state index is 10.2. The molecular formula is C16H18N2O6S. The molecule has 134 valence electrons. The Morgan fingerprint density at radius 3 is 2.92 bits per heavy atom. The molecule has 1 aromatic carbocycles. The Hall–Kier alpha value is -1.78. The van der Waals surface area contributed by atoms with E-state index >= 15 is 0 Å². The van der Waals surface area contributed by atoms with Crippen molar-refractivity contribution in [3.8, 4) is 5.75 Å². The Morgan fingerprint density at radius 2 is 2.16 bits per heavy atom. The van der Waals surface area contributed by atoms with E-state index in [2.05, 4.69) is 9.98 Å². The Morgan fingerprint density at radius 1 is 1.32 bits per heavy atom. The van der Waals surface area contributed by atoms with Crippen LogP contribution in [0.2, 0.25) is 0 Å². The van der Waals surface area contributed by atoms with Gasteiger partial charge in [-0.1, -0.05) is 6.07 Å². The molecule has 4 rings (SSSR count). The number of hydrogen-bond acceptors (Lipinski definition) is 8. The van der Waals surface area contributed by atoms with Gasteiger partial charge >= 0.3 is 0 Å². The van der Waals surface area contributed by atoms with Crippen LogP contribution in [-0.2, 0) is 9.47 Å². The highest BCUT2D eigenvalue weighted by atomic mass is 32.2. The van der Waals surface area contributed by atoms with Gasteiger partial charge in [-0.3, -0.25) is 0 Å². The quantitative estimate of drug-likeness (QED) is 0.633. The van der Waals surface area contributed by atoms with Gasteiger partial charge in [0.1, 0.15) is 24.1 Å². The van der Waals surface area contributed by atoms with E-state index < -0.39 is 29.9 Å². The molecule has 4 N–H and O–H groups in total. The zero-order chi connectivity index (χ0) is 17.6. The number of hydrogen-bond donors (Lipinski definition) is 4. The van der Waals surface area contributed by atoms with Gasteiger partial charge in [-0.25, -0.2) is 4.99 Å². The third-order valence-corrected chi connectivity index (χ3v) is 5.36. The van der Waals surface area contributed by atoms with Crippen LogP contribution in [0.5, 0.6) is 5.75 Å². The number of aliphatic hydroxyl groups excluding tert-OH is 3. The lowest BCUT2D eigenvalue weighted by atomic mass is 10.0. The van der Waals surface area contributed by atoms with Crippen molar-refractivity contribution in [3.05, 3.63) is 24.4 Å². The number of H-pyrrole nitrogens is 1. The average Bonchev–Trinajstić information content (AvgIpc) is 3.22. The molecule has 1 aromatic heterocycles. The van der Waals surface area contributed by atoms with Crippen molar-refractivity contribution in [1.82, 2.24) is 4.98 Å². The number of fused-ring (bicyclic) bond motifs is 2. The maximum atomic E-state index is 10.2. The molecule has 2 aliphatic rings. The summed E-state index contributed by atoms with van der Waals surface area (Å²) in [5.74, 6) is 0.686. The van der Waals surface area contributed by atoms with Gasteiger partial charge in [-0.15, -0.1) is 0 Å². The normalized spacial score (nSPS) is 33.4. The number of benzene rings is 1. The van der Waals surface area contributed by atoms with Crippen LogP contribution in [0.1, 0.15) is 0 Å². The second-order valence-electron chi connectivity index (χ2n) is 5.84. The molecule has 0 radical (unpaired) electrons. The van der Waals surface area contributed by atoms with Crippen molar-refractivity contribution >= 4 is 33.6 Å². The summed E-state index contributed by atoms with van der Waals surface area (Å²) in [4.78, 5) is 7.63. The number of ether oxygens (including phenoxy) is 3. The lowest BCUT2D eigenvalue weighted by Crippen LogP contribution is -2.56. The minimum absolute atomic E-state index is 0.326. The molecule has 5 atom stereocenters. The van der Waals surface area contributed by atoms with E-state index in [1.807, 2.05) is 18.2 Å². The molecular weight excluding hydrogens is 348 g/mol. The Balaban J connectivity index is 1.64. The van der Waals surface area contributed by atoms with Crippen molar-refractivity contribution in [2.75, 3.05) is 13.7 Å². The first kappa shape index (κ1) is 16.7. The Labute approximate surface area is 147 Å². The minimum Gasteiger partial charge on any atom is -0.496 e. The summed E-state index contributed by atoms with van der Waals surface area (Å²) in [5, 5.41) is 30.5. The zero-order valence-electron chi connectivity index (χ0n) is 13.3. The van der Waals surface area contributed by atoms with Crippen LogP contribution in [0.15, 0.2) is 29.4 Å². The molecule has 0 spiro atoms. The molecule has 0 saturated carbocycles. The van der Waals surface area contributed by atoms with Crippen molar-refractivity contribution < 1.29 is 29.5 Å². The molecule has 25 heavy (non-hydrogen) atoms. The lowest BCUT2D eigenvalue weighted by molar-refractivity contribution is -0.197. The van der Waals surface area contributed by atoms with Crippen molar-refractivity contribution in [2.24, 2.45) is 4.99 Å². The summed E-state index contributed by atoms with van der Waals surface area (Å²) in [6.45, 7) is -0.381. The van der Waals surface area contributed by atoms with Crippen LogP contribution in [0.25, 0.3) is 10.9 Å². The van der Waals surface area contributed by atoms with E-state index in [4.69, 9.17) is 14.2 Å². The lowest BCUT2D eigenvalue weighted by Gasteiger charge is -2.36. The first-order chi connectivity index (χ1) is 12.1. The highest BCUT2D eigenvalue weighted by Gasteiger charge is 2.50. The van der Waals surface area contributed by atoms with Crippen molar-refractivity contribution in [3.63, 3.8) is 0 Å². The predicted octanol–water partition coefficient (Wildman–Crippen LogP) is 0.735. The maximum Gasteiger partial charge on any atom is 0.254 e. The molecule has 2 fully saturated rings. The number of nitrogens with one attached hydrogen (secondary N) is 1. The van der Waals surface area contributed by atoms with Crippen LogP contribution in [0, 0.1) is 0 Å². The number of aliphatic imine (C=N–C) groups is 1. The summed E-state index contributed by atoms with van der Waals surface area (Å²) >= 11 is 1.21. The van der Waals surface area contributed by atoms with Gasteiger partial charge in [0, 0.05) is 6.20 Å². The SMILES string of the molecule is COc1cccc2[nH]cc(N=C3O[C@@H]4[C@@H](O)[C@H](O)[C@@H](CO)O[C@H]4S3)c12. The highest BCUT2D eigenvalue weighted by molar-refractivity contribution is 8.14. The molecule has 2 aliphatic heterocycles. The van der Waals surface area contributed by atoms with Gasteiger partial charge in [0.05, 0.1) is 30.3 Å². The monoisotopic (exact) mass is 366 g/mol. The van der Waals surface area contributed by atoms with Gasteiger partial charge < -0.3 is 34.5 Å². The predicted molar refractivity (Wildman–Crippen MR) is 92.2 cm³/mol. The smallest absolute Gasteiger partial charge is 0.254 e. The second-order valence-corrected chi connectivity index (χ2v) is 6.89. The molecule has 0 amide bonds. The Kier molecular flexibility index (Phi) is 4.34. The molecule has 2 saturated heterocycles. The first-order valence-corrected chi connectivity index (χ1v) is 8.69. The number of methoxy groups -OCH3 is 1. The van der Waals surface area contributed by atoms with Crippen molar-refractivity contribution in [1.29, 1.82) is 0 Å². The molecule has 0 bridgehead atoms. The summed E-state index contributed by atoms with van der Waals surface area (Å²) in [6.07, 6.45) is -2.21. The number of aliphatic hydroxyl groups is 3. The fourth-order valence-electron chi connectivity index (χ4n) is 3.06. The second kappa shape index (κ2) is 6.50.